The zero-order valence-electron chi connectivity index (χ0n) is 23.9. The second-order valence-electron chi connectivity index (χ2n) is 10.2. The normalized spacial score (nSPS) is 12.2. The molecule has 2 N–H and O–H groups in total. The Hall–Kier alpha value is -4.07. The van der Waals surface area contributed by atoms with Crippen molar-refractivity contribution >= 4 is 24.1 Å². The first kappa shape index (κ1) is 32.4. The third-order valence-electron chi connectivity index (χ3n) is 5.84. The van der Waals surface area contributed by atoms with Crippen LogP contribution in [-0.2, 0) is 32.7 Å². The smallest absolute Gasteiger partial charge is 0.548 e. The van der Waals surface area contributed by atoms with Crippen LogP contribution < -0.4 is 55.7 Å². The Morgan fingerprint density at radius 1 is 1.14 bits per heavy atom. The summed E-state index contributed by atoms with van der Waals surface area (Å²) in [6, 6.07) is 9.24. The number of aromatic amines is 2. The van der Waals surface area contributed by atoms with Gasteiger partial charge in [-0.3, -0.25) is 9.59 Å². The van der Waals surface area contributed by atoms with Crippen molar-refractivity contribution in [2.45, 2.75) is 52.0 Å². The summed E-state index contributed by atoms with van der Waals surface area (Å²) in [6.07, 6.45) is 7.22. The SMILES string of the molecule is CC(C)(C)c1[nH]cnc1/C=c1\[nH]c(=O)/c(=C/c2ccccc2)nc1OCOC(=O)CCCc1cn(CC(=O)[O-])nn1.[Na+]. The van der Waals surface area contributed by atoms with Gasteiger partial charge in [0.25, 0.3) is 5.56 Å². The number of aromatic nitrogens is 7. The van der Waals surface area contributed by atoms with E-state index in [-0.39, 0.29) is 58.0 Å². The Morgan fingerprint density at radius 3 is 2.62 bits per heavy atom. The zero-order chi connectivity index (χ0) is 29.4. The third-order valence-corrected chi connectivity index (χ3v) is 5.84. The van der Waals surface area contributed by atoms with E-state index >= 15 is 0 Å². The average Bonchev–Trinajstić information content (AvgIpc) is 3.56. The van der Waals surface area contributed by atoms with Gasteiger partial charge in [-0.25, -0.2) is 14.6 Å². The maximum Gasteiger partial charge on any atom is 1.00 e. The molecule has 0 bridgehead atoms. The van der Waals surface area contributed by atoms with Gasteiger partial charge < -0.3 is 29.3 Å². The van der Waals surface area contributed by atoms with Crippen molar-refractivity contribution in [2.24, 2.45) is 0 Å². The number of nitrogens with one attached hydrogen (secondary N) is 2. The first-order valence-electron chi connectivity index (χ1n) is 12.9. The third kappa shape index (κ3) is 9.23. The maximum absolute atomic E-state index is 12.9. The molecule has 214 valence electrons. The molecule has 0 atom stereocenters. The monoisotopic (exact) mass is 583 g/mol. The Balaban J connectivity index is 0.00000484. The molecule has 0 aliphatic heterocycles. The van der Waals surface area contributed by atoms with Crippen molar-refractivity contribution in [3.8, 4) is 5.88 Å². The van der Waals surface area contributed by atoms with Crippen LogP contribution in [0.3, 0.4) is 0 Å². The quantitative estimate of drug-likeness (QED) is 0.103. The molecule has 1 aromatic carbocycles. The van der Waals surface area contributed by atoms with Crippen molar-refractivity contribution in [1.29, 1.82) is 0 Å². The molecule has 14 heteroatoms. The minimum Gasteiger partial charge on any atom is -0.548 e. The van der Waals surface area contributed by atoms with Crippen LogP contribution in [0, 0.1) is 0 Å². The predicted octanol–water partition coefficient (Wildman–Crippen LogP) is -3.30. The molecule has 0 saturated heterocycles. The number of aryl methyl sites for hydroxylation is 1. The number of rotatable bonds is 11. The molecule has 0 aliphatic carbocycles. The second kappa shape index (κ2) is 14.7. The van der Waals surface area contributed by atoms with Crippen molar-refractivity contribution in [3.63, 3.8) is 0 Å². The van der Waals surface area contributed by atoms with E-state index in [1.165, 1.54) is 6.20 Å². The Kier molecular flexibility index (Phi) is 11.4. The van der Waals surface area contributed by atoms with Gasteiger partial charge in [0.05, 0.1) is 30.2 Å². The molecule has 13 nitrogen and oxygen atoms in total. The first-order chi connectivity index (χ1) is 19.6. The number of carbonyl (C=O) groups excluding carboxylic acids is 2. The molecule has 0 unspecified atom stereocenters. The van der Waals surface area contributed by atoms with E-state index in [4.69, 9.17) is 9.47 Å². The number of ether oxygens (including phenoxy) is 2. The number of H-pyrrole nitrogens is 2. The largest absolute Gasteiger partial charge is 1.00 e. The van der Waals surface area contributed by atoms with Gasteiger partial charge in [-0.2, -0.15) is 0 Å². The predicted molar refractivity (Wildman–Crippen MR) is 145 cm³/mol. The topological polar surface area (TPSA) is 181 Å². The molecule has 4 aromatic rings. The Bertz CT molecular complexity index is 1690. The molecule has 3 heterocycles. The van der Waals surface area contributed by atoms with Crippen LogP contribution in [0.1, 0.15) is 56.3 Å². The van der Waals surface area contributed by atoms with Gasteiger partial charge in [-0.15, -0.1) is 5.10 Å². The number of esters is 1. The molecular weight excluding hydrogens is 553 g/mol. The van der Waals surface area contributed by atoms with Gasteiger partial charge in [0, 0.05) is 23.7 Å². The van der Waals surface area contributed by atoms with E-state index in [2.05, 4.69) is 30.2 Å². The summed E-state index contributed by atoms with van der Waals surface area (Å²) < 4.78 is 12.1. The van der Waals surface area contributed by atoms with Crippen molar-refractivity contribution in [2.75, 3.05) is 6.79 Å². The van der Waals surface area contributed by atoms with E-state index in [0.717, 1.165) is 15.9 Å². The van der Waals surface area contributed by atoms with E-state index in [1.54, 1.807) is 18.5 Å². The van der Waals surface area contributed by atoms with Gasteiger partial charge in [-0.05, 0) is 30.6 Å². The van der Waals surface area contributed by atoms with Crippen LogP contribution in [0.5, 0.6) is 5.88 Å². The summed E-state index contributed by atoms with van der Waals surface area (Å²) in [6.45, 7) is 5.26. The molecule has 0 saturated carbocycles. The van der Waals surface area contributed by atoms with Crippen molar-refractivity contribution in [1.82, 2.24) is 34.9 Å². The number of imidazole rings is 1. The van der Waals surface area contributed by atoms with Crippen molar-refractivity contribution in [3.05, 3.63) is 86.6 Å². The zero-order valence-corrected chi connectivity index (χ0v) is 25.9. The summed E-state index contributed by atoms with van der Waals surface area (Å²) in [5.41, 5.74) is 2.12. The number of hydrogen-bond donors (Lipinski definition) is 2. The number of carboxylic acids is 1. The fourth-order valence-corrected chi connectivity index (χ4v) is 3.92. The summed E-state index contributed by atoms with van der Waals surface area (Å²) >= 11 is 0. The van der Waals surface area contributed by atoms with E-state index in [1.807, 2.05) is 51.1 Å². The van der Waals surface area contributed by atoms with Gasteiger partial charge in [0.2, 0.25) is 12.7 Å². The molecule has 4 rings (SSSR count). The van der Waals surface area contributed by atoms with E-state index in [9.17, 15) is 19.5 Å². The van der Waals surface area contributed by atoms with Crippen LogP contribution in [0.15, 0.2) is 47.7 Å². The summed E-state index contributed by atoms with van der Waals surface area (Å²) in [5, 5.41) is 18.6. The fraction of sp³-hybridized carbons (Fsp3) is 0.321. The summed E-state index contributed by atoms with van der Waals surface area (Å²) in [5.74, 6) is -1.72. The number of hydrogen-bond acceptors (Lipinski definition) is 10. The van der Waals surface area contributed by atoms with Crippen LogP contribution in [0.4, 0.5) is 0 Å². The molecule has 0 aliphatic rings. The van der Waals surface area contributed by atoms with E-state index in [0.29, 0.717) is 24.2 Å². The van der Waals surface area contributed by atoms with Gasteiger partial charge in [0.1, 0.15) is 10.7 Å². The maximum atomic E-state index is 12.9. The molecule has 42 heavy (non-hydrogen) atoms. The molecular formula is C28H30N7NaO6. The molecule has 0 amide bonds. The minimum absolute atomic E-state index is 0. The number of carboxylic acid groups (broad SMARTS) is 1. The van der Waals surface area contributed by atoms with Gasteiger partial charge in [-0.1, -0.05) is 56.3 Å². The van der Waals surface area contributed by atoms with Crippen LogP contribution in [-0.4, -0.2) is 53.7 Å². The molecule has 0 fully saturated rings. The fourth-order valence-electron chi connectivity index (χ4n) is 3.92. The number of aliphatic carboxylic acids is 1. The Labute approximate surface area is 263 Å². The van der Waals surface area contributed by atoms with Crippen molar-refractivity contribution < 1.29 is 53.7 Å². The second-order valence-corrected chi connectivity index (χ2v) is 10.2. The van der Waals surface area contributed by atoms with E-state index < -0.39 is 30.8 Å². The first-order valence-corrected chi connectivity index (χ1v) is 12.9. The minimum atomic E-state index is -1.27. The summed E-state index contributed by atoms with van der Waals surface area (Å²) in [4.78, 5) is 50.6. The van der Waals surface area contributed by atoms with Crippen LogP contribution in [0.2, 0.25) is 0 Å². The molecule has 0 spiro atoms. The van der Waals surface area contributed by atoms with Gasteiger partial charge >= 0.3 is 35.5 Å². The number of benzene rings is 1. The van der Waals surface area contributed by atoms with Gasteiger partial charge in [0.15, 0.2) is 0 Å². The average molecular weight is 584 g/mol. The Morgan fingerprint density at radius 2 is 1.90 bits per heavy atom. The number of nitrogens with zero attached hydrogens (tertiary/aromatic N) is 5. The molecule has 0 radical (unpaired) electrons. The van der Waals surface area contributed by atoms with Crippen LogP contribution in [0.25, 0.3) is 12.2 Å². The number of carbonyl (C=O) groups is 2. The summed E-state index contributed by atoms with van der Waals surface area (Å²) in [7, 11) is 0. The molecule has 3 aromatic heterocycles. The standard InChI is InChI=1S/C28H31N7O6.Na/c1-28(2,3)25-20(29-16-30-25)13-22-27(32-21(26(39)31-22)12-18-8-5-4-6-9-18)41-17-40-24(38)11-7-10-19-14-35(34-33-19)15-23(36)37;/h4-6,8-9,12-14,16H,7,10-11,15,17H2,1-3H3,(H,29,30)(H,31,39)(H,36,37);/q;+1/p-1/b21-12-,22-13-;. The van der Waals surface area contributed by atoms with Crippen LogP contribution >= 0.6 is 0 Å².